The molecule has 0 aliphatic heterocycles. The van der Waals surface area contributed by atoms with Crippen LogP contribution in [-0.4, -0.2) is 33.8 Å². The molecule has 5 nitrogen and oxygen atoms in total. The number of fused-ring (bicyclic) bond motifs is 1. The van der Waals surface area contributed by atoms with Crippen molar-refractivity contribution in [2.24, 2.45) is 0 Å². The Hall–Kier alpha value is -1.69. The molecule has 0 bridgehead atoms. The highest BCUT2D eigenvalue weighted by atomic mass is 35.5. The Morgan fingerprint density at radius 3 is 2.86 bits per heavy atom. The van der Waals surface area contributed by atoms with E-state index in [-0.39, 0.29) is 12.3 Å². The first-order valence-electron chi connectivity index (χ1n) is 6.64. The largest absolute Gasteiger partial charge is 0.390 e. The summed E-state index contributed by atoms with van der Waals surface area (Å²) < 4.78 is 0. The number of nitrogens with one attached hydrogen (secondary N) is 1. The van der Waals surface area contributed by atoms with E-state index in [0.717, 1.165) is 5.39 Å². The van der Waals surface area contributed by atoms with Crippen molar-refractivity contribution in [3.8, 4) is 0 Å². The van der Waals surface area contributed by atoms with E-state index in [1.54, 1.807) is 30.5 Å². The van der Waals surface area contributed by atoms with Gasteiger partial charge in [-0.3, -0.25) is 9.78 Å². The van der Waals surface area contributed by atoms with E-state index >= 15 is 0 Å². The molecule has 3 N–H and O–H groups in total. The van der Waals surface area contributed by atoms with Gasteiger partial charge < -0.3 is 15.5 Å². The maximum Gasteiger partial charge on any atom is 0.216 e. The Bertz CT molecular complexity index is 648. The van der Waals surface area contributed by atoms with Crippen LogP contribution in [0.15, 0.2) is 30.5 Å². The van der Waals surface area contributed by atoms with Crippen molar-refractivity contribution in [1.29, 1.82) is 0 Å². The number of rotatable bonds is 5. The molecule has 6 heteroatoms. The van der Waals surface area contributed by atoms with Gasteiger partial charge in [0.15, 0.2) is 0 Å². The molecule has 1 aromatic carbocycles. The van der Waals surface area contributed by atoms with E-state index in [0.29, 0.717) is 22.6 Å². The molecule has 0 spiro atoms. The van der Waals surface area contributed by atoms with Crippen molar-refractivity contribution in [2.75, 3.05) is 6.54 Å². The third-order valence-electron chi connectivity index (χ3n) is 3.24. The monoisotopic (exact) mass is 308 g/mol. The molecule has 112 valence electrons. The number of aliphatic hydroxyl groups excluding tert-OH is 2. The smallest absolute Gasteiger partial charge is 0.216 e. The minimum absolute atomic E-state index is 0.166. The number of carbonyl (C=O) groups excluding carboxylic acids is 1. The lowest BCUT2D eigenvalue weighted by Crippen LogP contribution is -2.27. The molecule has 0 fully saturated rings. The van der Waals surface area contributed by atoms with E-state index in [1.807, 2.05) is 0 Å². The summed E-state index contributed by atoms with van der Waals surface area (Å²) in [6, 6.07) is 6.86. The molecular weight excluding hydrogens is 292 g/mol. The summed E-state index contributed by atoms with van der Waals surface area (Å²) in [5.74, 6) is -0.166. The lowest BCUT2D eigenvalue weighted by atomic mass is 9.98. The third kappa shape index (κ3) is 3.91. The number of aromatic nitrogens is 1. The Morgan fingerprint density at radius 2 is 2.14 bits per heavy atom. The molecule has 0 aliphatic carbocycles. The van der Waals surface area contributed by atoms with E-state index in [1.165, 1.54) is 6.92 Å². The number of hydrogen-bond donors (Lipinski definition) is 3. The zero-order valence-electron chi connectivity index (χ0n) is 11.6. The van der Waals surface area contributed by atoms with Crippen LogP contribution in [-0.2, 0) is 4.79 Å². The fraction of sp³-hybridized carbons (Fsp3) is 0.333. The van der Waals surface area contributed by atoms with Crippen LogP contribution >= 0.6 is 11.6 Å². The van der Waals surface area contributed by atoms with E-state index in [4.69, 9.17) is 11.6 Å². The molecule has 0 aliphatic rings. The van der Waals surface area contributed by atoms with Gasteiger partial charge in [-0.25, -0.2) is 0 Å². The highest BCUT2D eigenvalue weighted by Gasteiger charge is 2.20. The van der Waals surface area contributed by atoms with Crippen molar-refractivity contribution in [1.82, 2.24) is 10.3 Å². The van der Waals surface area contributed by atoms with Crippen LogP contribution in [0.4, 0.5) is 0 Å². The van der Waals surface area contributed by atoms with Crippen molar-refractivity contribution in [3.63, 3.8) is 0 Å². The number of aliphatic hydroxyl groups is 2. The number of benzene rings is 1. The molecule has 2 unspecified atom stereocenters. The topological polar surface area (TPSA) is 82.5 Å². The molecule has 0 radical (unpaired) electrons. The number of nitrogens with zero attached hydrogens (tertiary/aromatic N) is 1. The first kappa shape index (κ1) is 15.7. The lowest BCUT2D eigenvalue weighted by molar-refractivity contribution is -0.119. The molecular formula is C15H17ClN2O3. The number of carbonyl (C=O) groups is 1. The van der Waals surface area contributed by atoms with Gasteiger partial charge in [-0.1, -0.05) is 17.7 Å². The standard InChI is InChI=1S/C15H17ClN2O3/c1-9(19)17-7-5-14(20)15(21)12-4-6-18-13-8-10(16)2-3-11(12)13/h2-4,6,8,14-15,20-21H,5,7H2,1H3,(H,17,19). The zero-order valence-corrected chi connectivity index (χ0v) is 12.3. The van der Waals surface area contributed by atoms with Crippen molar-refractivity contribution < 1.29 is 15.0 Å². The first-order valence-corrected chi connectivity index (χ1v) is 7.01. The highest BCUT2D eigenvalue weighted by molar-refractivity contribution is 6.31. The van der Waals surface area contributed by atoms with Gasteiger partial charge in [-0.2, -0.15) is 0 Å². The van der Waals surface area contributed by atoms with Crippen molar-refractivity contribution >= 4 is 28.4 Å². The Labute approximate surface area is 127 Å². The van der Waals surface area contributed by atoms with Crippen LogP contribution in [0.5, 0.6) is 0 Å². The number of amides is 1. The first-order chi connectivity index (χ1) is 9.99. The molecule has 2 aromatic rings. The molecule has 1 heterocycles. The normalized spacial score (nSPS) is 13.9. The number of pyridine rings is 1. The van der Waals surface area contributed by atoms with Crippen LogP contribution in [0.2, 0.25) is 5.02 Å². The Morgan fingerprint density at radius 1 is 1.38 bits per heavy atom. The molecule has 21 heavy (non-hydrogen) atoms. The van der Waals surface area contributed by atoms with Gasteiger partial charge in [-0.05, 0) is 30.2 Å². The van der Waals surface area contributed by atoms with Crippen LogP contribution in [0.3, 0.4) is 0 Å². The van der Waals surface area contributed by atoms with Gasteiger partial charge in [0.05, 0.1) is 11.6 Å². The summed E-state index contributed by atoms with van der Waals surface area (Å²) in [6.07, 6.45) is -0.195. The van der Waals surface area contributed by atoms with Gasteiger partial charge in [-0.15, -0.1) is 0 Å². The Kier molecular flexibility index (Phi) is 5.12. The van der Waals surface area contributed by atoms with Gasteiger partial charge in [0.2, 0.25) is 5.91 Å². The van der Waals surface area contributed by atoms with Crippen LogP contribution in [0, 0.1) is 0 Å². The Balaban J connectivity index is 2.18. The van der Waals surface area contributed by atoms with E-state index < -0.39 is 12.2 Å². The van der Waals surface area contributed by atoms with Gasteiger partial charge >= 0.3 is 0 Å². The van der Waals surface area contributed by atoms with Gasteiger partial charge in [0.1, 0.15) is 6.10 Å². The minimum atomic E-state index is -1.05. The fourth-order valence-corrected chi connectivity index (χ4v) is 2.33. The second kappa shape index (κ2) is 6.85. The van der Waals surface area contributed by atoms with Crippen LogP contribution in [0.1, 0.15) is 25.0 Å². The van der Waals surface area contributed by atoms with Gasteiger partial charge in [0.25, 0.3) is 0 Å². The van der Waals surface area contributed by atoms with Crippen molar-refractivity contribution in [3.05, 3.63) is 41.0 Å². The highest BCUT2D eigenvalue weighted by Crippen LogP contribution is 2.27. The summed E-state index contributed by atoms with van der Waals surface area (Å²) in [5, 5.41) is 24.2. The summed E-state index contributed by atoms with van der Waals surface area (Å²) in [5.41, 5.74) is 1.25. The minimum Gasteiger partial charge on any atom is -0.390 e. The average molecular weight is 309 g/mol. The quantitative estimate of drug-likeness (QED) is 0.786. The zero-order chi connectivity index (χ0) is 15.4. The molecule has 2 atom stereocenters. The van der Waals surface area contributed by atoms with Gasteiger partial charge in [0, 0.05) is 30.1 Å². The fourth-order valence-electron chi connectivity index (χ4n) is 2.16. The maximum atomic E-state index is 10.8. The molecule has 1 amide bonds. The predicted octanol–water partition coefficient (Wildman–Crippen LogP) is 1.81. The molecule has 0 saturated carbocycles. The summed E-state index contributed by atoms with van der Waals surface area (Å²) in [4.78, 5) is 15.0. The molecule has 1 aromatic heterocycles. The number of halogens is 1. The van der Waals surface area contributed by atoms with E-state index in [9.17, 15) is 15.0 Å². The summed E-state index contributed by atoms with van der Waals surface area (Å²) in [6.45, 7) is 1.71. The molecule has 0 saturated heterocycles. The predicted molar refractivity (Wildman–Crippen MR) is 81.0 cm³/mol. The van der Waals surface area contributed by atoms with E-state index in [2.05, 4.69) is 10.3 Å². The van der Waals surface area contributed by atoms with Crippen LogP contribution < -0.4 is 5.32 Å². The molecule has 2 rings (SSSR count). The maximum absolute atomic E-state index is 10.8. The average Bonchev–Trinajstić information content (AvgIpc) is 2.45. The summed E-state index contributed by atoms with van der Waals surface area (Å²) >= 11 is 5.92. The van der Waals surface area contributed by atoms with Crippen LogP contribution in [0.25, 0.3) is 10.9 Å². The number of hydrogen-bond acceptors (Lipinski definition) is 4. The second-order valence-electron chi connectivity index (χ2n) is 4.85. The third-order valence-corrected chi connectivity index (χ3v) is 3.47. The second-order valence-corrected chi connectivity index (χ2v) is 5.28. The SMILES string of the molecule is CC(=O)NCCC(O)C(O)c1ccnc2cc(Cl)ccc12. The summed E-state index contributed by atoms with van der Waals surface area (Å²) in [7, 11) is 0. The lowest BCUT2D eigenvalue weighted by Gasteiger charge is -2.19. The van der Waals surface area contributed by atoms with Crippen molar-refractivity contribution in [2.45, 2.75) is 25.6 Å².